The van der Waals surface area contributed by atoms with Crippen LogP contribution in [0.25, 0.3) is 10.2 Å². The number of carbonyl (C=O) groups is 1. The van der Waals surface area contributed by atoms with E-state index in [0.29, 0.717) is 31.9 Å². The average Bonchev–Trinajstić information content (AvgIpc) is 2.89. The van der Waals surface area contributed by atoms with Gasteiger partial charge in [-0.15, -0.1) is 11.3 Å². The third kappa shape index (κ3) is 2.88. The molecule has 3 aromatic rings. The molecule has 3 rings (SSSR count). The number of thiophene rings is 1. The van der Waals surface area contributed by atoms with Gasteiger partial charge in [0.2, 0.25) is 5.78 Å². The molecule has 5 nitrogen and oxygen atoms in total. The van der Waals surface area contributed by atoms with Crippen LogP contribution in [0.4, 0.5) is 11.5 Å². The number of nitrogen functional groups attached to an aromatic ring is 2. The molecule has 7 heteroatoms. The molecule has 0 bridgehead atoms. The van der Waals surface area contributed by atoms with Gasteiger partial charge >= 0.3 is 0 Å². The summed E-state index contributed by atoms with van der Waals surface area (Å²) in [5.74, 6) is 0.0253. The van der Waals surface area contributed by atoms with Gasteiger partial charge in [-0.05, 0) is 35.7 Å². The summed E-state index contributed by atoms with van der Waals surface area (Å²) in [4.78, 5) is 18.2. The fraction of sp³-hybridized carbons (Fsp3) is 0.167. The molecule has 0 aliphatic heterocycles. The van der Waals surface area contributed by atoms with E-state index in [2.05, 4.69) is 27.0 Å². The van der Waals surface area contributed by atoms with Crippen molar-refractivity contribution >= 4 is 54.8 Å². The molecule has 2 heterocycles. The lowest BCUT2D eigenvalue weighted by Gasteiger charge is -2.12. The zero-order valence-corrected chi connectivity index (χ0v) is 16.0. The fourth-order valence-corrected chi connectivity index (χ4v) is 4.14. The van der Waals surface area contributed by atoms with E-state index in [-0.39, 0.29) is 17.5 Å². The molecule has 0 saturated carbocycles. The Labute approximate surface area is 157 Å². The highest BCUT2D eigenvalue weighted by molar-refractivity contribution is 9.10. The highest BCUT2D eigenvalue weighted by Gasteiger charge is 2.25. The van der Waals surface area contributed by atoms with Gasteiger partial charge in [0.25, 0.3) is 0 Å². The number of nitrogens with two attached hydrogens (primary N) is 2. The van der Waals surface area contributed by atoms with Crippen molar-refractivity contribution in [1.29, 1.82) is 5.26 Å². The largest absolute Gasteiger partial charge is 0.397 e. The molecule has 0 aliphatic rings. The van der Waals surface area contributed by atoms with Crippen molar-refractivity contribution in [2.75, 3.05) is 11.5 Å². The number of anilines is 2. The molecule has 25 heavy (non-hydrogen) atoms. The van der Waals surface area contributed by atoms with Crippen LogP contribution in [0.3, 0.4) is 0 Å². The number of rotatable bonds is 3. The number of aromatic nitrogens is 1. The third-order valence-electron chi connectivity index (χ3n) is 3.95. The van der Waals surface area contributed by atoms with Gasteiger partial charge < -0.3 is 11.5 Å². The lowest BCUT2D eigenvalue weighted by Crippen LogP contribution is -2.04. The predicted molar refractivity (Wildman–Crippen MR) is 105 cm³/mol. The maximum absolute atomic E-state index is 12.9. The number of carbonyl (C=O) groups excluding carboxylic acids is 1. The minimum Gasteiger partial charge on any atom is -0.397 e. The Morgan fingerprint density at radius 1 is 1.28 bits per heavy atom. The molecule has 0 amide bonds. The van der Waals surface area contributed by atoms with E-state index >= 15 is 0 Å². The highest BCUT2D eigenvalue weighted by atomic mass is 79.9. The van der Waals surface area contributed by atoms with Crippen LogP contribution >= 0.6 is 27.3 Å². The molecule has 0 aliphatic carbocycles. The fourth-order valence-electron chi connectivity index (χ4n) is 2.79. The van der Waals surface area contributed by atoms with E-state index in [1.54, 1.807) is 24.3 Å². The second kappa shape index (κ2) is 6.47. The summed E-state index contributed by atoms with van der Waals surface area (Å²) < 4.78 is 0.892. The minimum absolute atomic E-state index is 0.0231. The molecule has 126 valence electrons. The monoisotopic (exact) mass is 414 g/mol. The Morgan fingerprint density at radius 2 is 1.92 bits per heavy atom. The van der Waals surface area contributed by atoms with Crippen LogP contribution in [0.15, 0.2) is 28.7 Å². The number of pyridine rings is 1. The summed E-state index contributed by atoms with van der Waals surface area (Å²) in [6.45, 7) is 3.92. The van der Waals surface area contributed by atoms with Gasteiger partial charge in [0.15, 0.2) is 0 Å². The van der Waals surface area contributed by atoms with E-state index in [9.17, 15) is 10.1 Å². The molecule has 0 saturated heterocycles. The number of ketones is 1. The van der Waals surface area contributed by atoms with Gasteiger partial charge in [-0.3, -0.25) is 4.79 Å². The Balaban J connectivity index is 2.27. The van der Waals surface area contributed by atoms with Crippen LogP contribution in [0.5, 0.6) is 0 Å². The summed E-state index contributed by atoms with van der Waals surface area (Å²) >= 11 is 4.56. The Morgan fingerprint density at radius 3 is 2.48 bits per heavy atom. The SMILES string of the molecule is CC(C)c1c(C#N)c(N)nc2sc(C(=O)c3ccc(Br)cc3)c(N)c12. The second-order valence-electron chi connectivity index (χ2n) is 5.91. The van der Waals surface area contributed by atoms with Gasteiger partial charge in [0.1, 0.15) is 21.6 Å². The van der Waals surface area contributed by atoms with Crippen molar-refractivity contribution in [1.82, 2.24) is 4.98 Å². The highest BCUT2D eigenvalue weighted by Crippen LogP contribution is 2.41. The number of nitriles is 1. The summed E-state index contributed by atoms with van der Waals surface area (Å²) in [6, 6.07) is 9.20. The minimum atomic E-state index is -0.167. The van der Waals surface area contributed by atoms with Gasteiger partial charge in [0, 0.05) is 15.4 Å². The standard InChI is InChI=1S/C18H15BrN4OS/c1-8(2)12-11(7-20)17(22)23-18-13(12)14(21)16(25-18)15(24)9-3-5-10(19)6-4-9/h3-6,8H,21H2,1-2H3,(H2,22,23). The van der Waals surface area contributed by atoms with Crippen LogP contribution in [0.2, 0.25) is 0 Å². The van der Waals surface area contributed by atoms with Crippen molar-refractivity contribution in [2.45, 2.75) is 19.8 Å². The topological polar surface area (TPSA) is 106 Å². The van der Waals surface area contributed by atoms with Crippen molar-refractivity contribution in [3.05, 3.63) is 50.3 Å². The molecule has 0 atom stereocenters. The van der Waals surface area contributed by atoms with E-state index in [0.717, 1.165) is 10.0 Å². The number of benzene rings is 1. The number of hydrogen-bond acceptors (Lipinski definition) is 6. The normalized spacial score (nSPS) is 11.0. The smallest absolute Gasteiger partial charge is 0.205 e. The summed E-state index contributed by atoms with van der Waals surface area (Å²) in [6.07, 6.45) is 0. The molecule has 2 aromatic heterocycles. The quantitative estimate of drug-likeness (QED) is 0.615. The molecule has 0 unspecified atom stereocenters. The molecule has 1 aromatic carbocycles. The molecule has 0 spiro atoms. The van der Waals surface area contributed by atoms with Crippen molar-refractivity contribution in [3.8, 4) is 6.07 Å². The zero-order chi connectivity index (χ0) is 18.3. The lowest BCUT2D eigenvalue weighted by molar-refractivity contribution is 0.104. The first-order valence-corrected chi connectivity index (χ1v) is 9.17. The van der Waals surface area contributed by atoms with Gasteiger partial charge in [-0.2, -0.15) is 5.26 Å². The van der Waals surface area contributed by atoms with Gasteiger partial charge in [-0.25, -0.2) is 4.98 Å². The maximum Gasteiger partial charge on any atom is 0.205 e. The summed E-state index contributed by atoms with van der Waals surface area (Å²) in [5.41, 5.74) is 14.2. The predicted octanol–water partition coefficient (Wildman–Crippen LogP) is 4.45. The zero-order valence-electron chi connectivity index (χ0n) is 13.6. The first kappa shape index (κ1) is 17.4. The Bertz CT molecular complexity index is 1030. The average molecular weight is 415 g/mol. The van der Waals surface area contributed by atoms with Gasteiger partial charge in [0.05, 0.1) is 11.3 Å². The van der Waals surface area contributed by atoms with Gasteiger partial charge in [-0.1, -0.05) is 29.8 Å². The van der Waals surface area contributed by atoms with Crippen LogP contribution in [0, 0.1) is 11.3 Å². The number of fused-ring (bicyclic) bond motifs is 1. The number of hydrogen-bond donors (Lipinski definition) is 2. The summed E-state index contributed by atoms with van der Waals surface area (Å²) in [7, 11) is 0. The molecule has 4 N–H and O–H groups in total. The summed E-state index contributed by atoms with van der Waals surface area (Å²) in [5, 5.41) is 10.1. The van der Waals surface area contributed by atoms with Crippen molar-refractivity contribution in [2.24, 2.45) is 0 Å². The van der Waals surface area contributed by atoms with Crippen molar-refractivity contribution < 1.29 is 4.79 Å². The van der Waals surface area contributed by atoms with E-state index < -0.39 is 0 Å². The Kier molecular flexibility index (Phi) is 4.50. The van der Waals surface area contributed by atoms with Crippen LogP contribution in [-0.4, -0.2) is 10.8 Å². The molecule has 0 radical (unpaired) electrons. The molecular formula is C18H15BrN4OS. The van der Waals surface area contributed by atoms with E-state index in [1.165, 1.54) is 11.3 Å². The molecular weight excluding hydrogens is 400 g/mol. The van der Waals surface area contributed by atoms with E-state index in [1.807, 2.05) is 13.8 Å². The van der Waals surface area contributed by atoms with Crippen LogP contribution in [-0.2, 0) is 0 Å². The first-order chi connectivity index (χ1) is 11.8. The number of nitrogens with zero attached hydrogens (tertiary/aromatic N) is 2. The van der Waals surface area contributed by atoms with Crippen molar-refractivity contribution in [3.63, 3.8) is 0 Å². The third-order valence-corrected chi connectivity index (χ3v) is 5.57. The Hall–Kier alpha value is -2.43. The number of halogens is 1. The second-order valence-corrected chi connectivity index (χ2v) is 7.83. The maximum atomic E-state index is 12.9. The van der Waals surface area contributed by atoms with Crippen LogP contribution in [0.1, 0.15) is 46.1 Å². The first-order valence-electron chi connectivity index (χ1n) is 7.56. The van der Waals surface area contributed by atoms with E-state index in [4.69, 9.17) is 11.5 Å². The lowest BCUT2D eigenvalue weighted by atomic mass is 9.94. The van der Waals surface area contributed by atoms with Crippen LogP contribution < -0.4 is 11.5 Å². The molecule has 0 fully saturated rings.